The fourth-order valence-corrected chi connectivity index (χ4v) is 2.02. The van der Waals surface area contributed by atoms with E-state index in [1.54, 1.807) is 18.2 Å². The van der Waals surface area contributed by atoms with E-state index in [-0.39, 0.29) is 12.0 Å². The van der Waals surface area contributed by atoms with E-state index in [1.165, 1.54) is 0 Å². The Morgan fingerprint density at radius 1 is 1.09 bits per heavy atom. The van der Waals surface area contributed by atoms with E-state index in [9.17, 15) is 4.79 Å². The van der Waals surface area contributed by atoms with Crippen molar-refractivity contribution in [2.75, 3.05) is 11.9 Å². The zero-order valence-corrected chi connectivity index (χ0v) is 13.1. The maximum atomic E-state index is 12.3. The quantitative estimate of drug-likeness (QED) is 0.872. The van der Waals surface area contributed by atoms with Crippen LogP contribution in [-0.4, -0.2) is 18.6 Å². The van der Waals surface area contributed by atoms with Crippen molar-refractivity contribution >= 4 is 11.6 Å². The van der Waals surface area contributed by atoms with Crippen molar-refractivity contribution in [3.05, 3.63) is 54.1 Å². The van der Waals surface area contributed by atoms with Crippen LogP contribution in [0.15, 0.2) is 48.5 Å². The summed E-state index contributed by atoms with van der Waals surface area (Å²) in [7, 11) is 0. The SMILES string of the molecule is CCOc1cccc(NC(=O)c2cccc(OC(C)C)c2)c1. The van der Waals surface area contributed by atoms with E-state index >= 15 is 0 Å². The number of amides is 1. The number of nitrogens with one attached hydrogen (secondary N) is 1. The molecule has 22 heavy (non-hydrogen) atoms. The van der Waals surface area contributed by atoms with Crippen molar-refractivity contribution in [2.24, 2.45) is 0 Å². The molecule has 0 saturated carbocycles. The van der Waals surface area contributed by atoms with Crippen LogP contribution in [0.5, 0.6) is 11.5 Å². The Balaban J connectivity index is 2.10. The van der Waals surface area contributed by atoms with E-state index in [1.807, 2.05) is 51.1 Å². The summed E-state index contributed by atoms with van der Waals surface area (Å²) in [4.78, 5) is 12.3. The molecule has 0 aliphatic heterocycles. The zero-order valence-electron chi connectivity index (χ0n) is 13.1. The number of rotatable bonds is 6. The highest BCUT2D eigenvalue weighted by atomic mass is 16.5. The van der Waals surface area contributed by atoms with Crippen molar-refractivity contribution in [1.29, 1.82) is 0 Å². The summed E-state index contributed by atoms with van der Waals surface area (Å²) in [5, 5.41) is 2.86. The van der Waals surface area contributed by atoms with Gasteiger partial charge in [-0.3, -0.25) is 4.79 Å². The molecule has 2 aromatic rings. The first-order valence-electron chi connectivity index (χ1n) is 7.39. The minimum Gasteiger partial charge on any atom is -0.494 e. The van der Waals surface area contributed by atoms with Gasteiger partial charge >= 0.3 is 0 Å². The van der Waals surface area contributed by atoms with Crippen LogP contribution in [-0.2, 0) is 0 Å². The Morgan fingerprint density at radius 2 is 1.82 bits per heavy atom. The van der Waals surface area contributed by atoms with Crippen LogP contribution in [0.4, 0.5) is 5.69 Å². The second-order valence-corrected chi connectivity index (χ2v) is 5.11. The summed E-state index contributed by atoms with van der Waals surface area (Å²) in [5.74, 6) is 1.24. The van der Waals surface area contributed by atoms with Gasteiger partial charge in [-0.05, 0) is 51.1 Å². The highest BCUT2D eigenvalue weighted by molar-refractivity contribution is 6.04. The number of ether oxygens (including phenoxy) is 2. The van der Waals surface area contributed by atoms with Gasteiger partial charge < -0.3 is 14.8 Å². The predicted molar refractivity (Wildman–Crippen MR) is 87.8 cm³/mol. The molecule has 2 aromatic carbocycles. The topological polar surface area (TPSA) is 47.6 Å². The average Bonchev–Trinajstić information content (AvgIpc) is 2.47. The second kappa shape index (κ2) is 7.50. The lowest BCUT2D eigenvalue weighted by atomic mass is 10.2. The van der Waals surface area contributed by atoms with Gasteiger partial charge in [-0.1, -0.05) is 12.1 Å². The van der Waals surface area contributed by atoms with Crippen molar-refractivity contribution in [3.8, 4) is 11.5 Å². The molecule has 2 rings (SSSR count). The van der Waals surface area contributed by atoms with E-state index in [0.717, 1.165) is 5.75 Å². The number of hydrogen-bond acceptors (Lipinski definition) is 3. The Hall–Kier alpha value is -2.49. The summed E-state index contributed by atoms with van der Waals surface area (Å²) in [6.07, 6.45) is 0.0705. The fourth-order valence-electron chi connectivity index (χ4n) is 2.02. The number of carbonyl (C=O) groups is 1. The molecule has 1 amide bonds. The van der Waals surface area contributed by atoms with Crippen LogP contribution in [0.3, 0.4) is 0 Å². The van der Waals surface area contributed by atoms with Gasteiger partial charge in [0.25, 0.3) is 5.91 Å². The Morgan fingerprint density at radius 3 is 2.55 bits per heavy atom. The summed E-state index contributed by atoms with van der Waals surface area (Å²) in [6.45, 7) is 6.41. The third kappa shape index (κ3) is 4.52. The van der Waals surface area contributed by atoms with Gasteiger partial charge in [0, 0.05) is 17.3 Å². The molecule has 1 N–H and O–H groups in total. The van der Waals surface area contributed by atoms with Crippen LogP contribution in [0.1, 0.15) is 31.1 Å². The maximum absolute atomic E-state index is 12.3. The Bertz CT molecular complexity index is 638. The largest absolute Gasteiger partial charge is 0.494 e. The van der Waals surface area contributed by atoms with Gasteiger partial charge in [0.1, 0.15) is 11.5 Å². The van der Waals surface area contributed by atoms with E-state index in [2.05, 4.69) is 5.32 Å². The lowest BCUT2D eigenvalue weighted by Crippen LogP contribution is -2.12. The summed E-state index contributed by atoms with van der Waals surface area (Å²) < 4.78 is 11.0. The van der Waals surface area contributed by atoms with E-state index in [0.29, 0.717) is 23.6 Å². The van der Waals surface area contributed by atoms with Crippen LogP contribution >= 0.6 is 0 Å². The molecule has 0 aliphatic rings. The molecular weight excluding hydrogens is 278 g/mol. The minimum atomic E-state index is -0.178. The smallest absolute Gasteiger partial charge is 0.255 e. The molecular formula is C18H21NO3. The van der Waals surface area contributed by atoms with Crippen molar-refractivity contribution < 1.29 is 14.3 Å². The first-order chi connectivity index (χ1) is 10.6. The van der Waals surface area contributed by atoms with Gasteiger partial charge in [0.05, 0.1) is 12.7 Å². The van der Waals surface area contributed by atoms with Crippen molar-refractivity contribution in [2.45, 2.75) is 26.9 Å². The molecule has 0 saturated heterocycles. The highest BCUT2D eigenvalue weighted by Gasteiger charge is 2.08. The highest BCUT2D eigenvalue weighted by Crippen LogP contribution is 2.19. The zero-order chi connectivity index (χ0) is 15.9. The summed E-state index contributed by atoms with van der Waals surface area (Å²) in [6, 6.07) is 14.5. The standard InChI is InChI=1S/C18H21NO3/c1-4-21-16-9-6-8-15(12-16)19-18(20)14-7-5-10-17(11-14)22-13(2)3/h5-13H,4H2,1-3H3,(H,19,20). The lowest BCUT2D eigenvalue weighted by Gasteiger charge is -2.11. The molecule has 0 atom stereocenters. The molecule has 0 unspecified atom stereocenters. The van der Waals surface area contributed by atoms with E-state index in [4.69, 9.17) is 9.47 Å². The van der Waals surface area contributed by atoms with Crippen LogP contribution < -0.4 is 14.8 Å². The van der Waals surface area contributed by atoms with Crippen molar-refractivity contribution in [1.82, 2.24) is 0 Å². The van der Waals surface area contributed by atoms with Gasteiger partial charge in [-0.2, -0.15) is 0 Å². The summed E-state index contributed by atoms with van der Waals surface area (Å²) >= 11 is 0. The molecule has 0 aliphatic carbocycles. The predicted octanol–water partition coefficient (Wildman–Crippen LogP) is 4.12. The minimum absolute atomic E-state index is 0.0705. The Labute approximate surface area is 131 Å². The third-order valence-corrected chi connectivity index (χ3v) is 2.87. The number of anilines is 1. The molecule has 0 aromatic heterocycles. The van der Waals surface area contributed by atoms with Crippen LogP contribution in [0.2, 0.25) is 0 Å². The summed E-state index contributed by atoms with van der Waals surface area (Å²) in [5.41, 5.74) is 1.26. The normalized spacial score (nSPS) is 10.4. The van der Waals surface area contributed by atoms with Gasteiger partial charge in [0.15, 0.2) is 0 Å². The third-order valence-electron chi connectivity index (χ3n) is 2.87. The first kappa shape index (κ1) is 15.9. The van der Waals surface area contributed by atoms with Crippen LogP contribution in [0.25, 0.3) is 0 Å². The Kier molecular flexibility index (Phi) is 5.42. The van der Waals surface area contributed by atoms with Gasteiger partial charge in [0.2, 0.25) is 0 Å². The van der Waals surface area contributed by atoms with Crippen molar-refractivity contribution in [3.63, 3.8) is 0 Å². The lowest BCUT2D eigenvalue weighted by molar-refractivity contribution is 0.102. The number of benzene rings is 2. The molecule has 0 radical (unpaired) electrons. The van der Waals surface area contributed by atoms with Gasteiger partial charge in [-0.25, -0.2) is 0 Å². The molecule has 4 heteroatoms. The molecule has 0 bridgehead atoms. The molecule has 0 spiro atoms. The fraction of sp³-hybridized carbons (Fsp3) is 0.278. The second-order valence-electron chi connectivity index (χ2n) is 5.11. The number of carbonyl (C=O) groups excluding carboxylic acids is 1. The molecule has 0 heterocycles. The molecule has 0 fully saturated rings. The van der Waals surface area contributed by atoms with Crippen LogP contribution in [0, 0.1) is 0 Å². The number of hydrogen-bond donors (Lipinski definition) is 1. The van der Waals surface area contributed by atoms with E-state index < -0.39 is 0 Å². The maximum Gasteiger partial charge on any atom is 0.255 e. The average molecular weight is 299 g/mol. The van der Waals surface area contributed by atoms with Gasteiger partial charge in [-0.15, -0.1) is 0 Å². The first-order valence-corrected chi connectivity index (χ1v) is 7.39. The molecule has 4 nitrogen and oxygen atoms in total. The monoisotopic (exact) mass is 299 g/mol. The molecule has 116 valence electrons.